The largest absolute Gasteiger partial charge is 0.394 e. The molecule has 3 nitrogen and oxygen atoms in total. The number of rotatable bonds is 9. The van der Waals surface area contributed by atoms with E-state index >= 15 is 0 Å². The highest BCUT2D eigenvalue weighted by Gasteiger charge is 2.32. The van der Waals surface area contributed by atoms with Gasteiger partial charge in [-0.05, 0) is 31.7 Å². The summed E-state index contributed by atoms with van der Waals surface area (Å²) in [7, 11) is 0. The van der Waals surface area contributed by atoms with Gasteiger partial charge in [-0.15, -0.1) is 0 Å². The number of benzene rings is 1. The topological polar surface area (TPSA) is 41.5 Å². The van der Waals surface area contributed by atoms with Gasteiger partial charge in [0.1, 0.15) is 0 Å². The van der Waals surface area contributed by atoms with E-state index in [0.717, 1.165) is 24.5 Å². The van der Waals surface area contributed by atoms with Crippen LogP contribution in [-0.4, -0.2) is 31.0 Å². The van der Waals surface area contributed by atoms with E-state index < -0.39 is 5.54 Å². The molecule has 1 saturated carbocycles. The molecule has 0 bridgehead atoms. The zero-order valence-corrected chi connectivity index (χ0v) is 12.6. The fourth-order valence-electron chi connectivity index (χ4n) is 2.60. The minimum atomic E-state index is -0.501. The Bertz CT molecular complexity index is 389. The fraction of sp³-hybridized carbons (Fsp3) is 0.647. The molecule has 20 heavy (non-hydrogen) atoms. The van der Waals surface area contributed by atoms with Crippen LogP contribution in [0, 0.1) is 5.92 Å². The molecule has 1 aliphatic carbocycles. The molecule has 1 aromatic carbocycles. The van der Waals surface area contributed by atoms with Gasteiger partial charge in [0.15, 0.2) is 0 Å². The van der Waals surface area contributed by atoms with Crippen LogP contribution in [0.25, 0.3) is 0 Å². The van der Waals surface area contributed by atoms with E-state index in [-0.39, 0.29) is 12.6 Å². The summed E-state index contributed by atoms with van der Waals surface area (Å²) in [5.41, 5.74) is 0.585. The van der Waals surface area contributed by atoms with Gasteiger partial charge in [-0.25, -0.2) is 0 Å². The van der Waals surface area contributed by atoms with E-state index in [0.29, 0.717) is 6.61 Å². The molecule has 1 aliphatic rings. The Kier molecular flexibility index (Phi) is 5.58. The lowest BCUT2D eigenvalue weighted by atomic mass is 9.90. The maximum atomic E-state index is 9.96. The Labute approximate surface area is 122 Å². The molecular weight excluding hydrogens is 250 g/mol. The van der Waals surface area contributed by atoms with Crippen LogP contribution < -0.4 is 5.32 Å². The summed E-state index contributed by atoms with van der Waals surface area (Å²) in [6.07, 6.45) is 3.87. The van der Waals surface area contributed by atoms with Gasteiger partial charge in [0.05, 0.1) is 18.8 Å². The number of aliphatic hydroxyl groups excluding tert-OH is 1. The number of hydrogen-bond acceptors (Lipinski definition) is 3. The van der Waals surface area contributed by atoms with Crippen LogP contribution in [0.4, 0.5) is 0 Å². The molecule has 0 aliphatic heterocycles. The van der Waals surface area contributed by atoms with Crippen molar-refractivity contribution < 1.29 is 9.84 Å². The third kappa shape index (κ3) is 4.30. The van der Waals surface area contributed by atoms with Gasteiger partial charge >= 0.3 is 0 Å². The van der Waals surface area contributed by atoms with Gasteiger partial charge < -0.3 is 15.2 Å². The molecule has 0 aromatic heterocycles. The SMILES string of the molecule is CC(C)NC(CO)(COCCC1CC1)c1ccccc1. The summed E-state index contributed by atoms with van der Waals surface area (Å²) in [6, 6.07) is 10.4. The molecule has 1 atom stereocenters. The van der Waals surface area contributed by atoms with Gasteiger partial charge in [-0.1, -0.05) is 43.2 Å². The van der Waals surface area contributed by atoms with Crippen LogP contribution in [0.1, 0.15) is 38.7 Å². The predicted molar refractivity (Wildman–Crippen MR) is 81.6 cm³/mol. The number of ether oxygens (including phenoxy) is 1. The van der Waals surface area contributed by atoms with Crippen molar-refractivity contribution in [2.24, 2.45) is 5.92 Å². The van der Waals surface area contributed by atoms with Crippen LogP contribution in [0.15, 0.2) is 30.3 Å². The smallest absolute Gasteiger partial charge is 0.0907 e. The first-order valence-electron chi connectivity index (χ1n) is 7.68. The summed E-state index contributed by atoms with van der Waals surface area (Å²) in [6.45, 7) is 5.53. The van der Waals surface area contributed by atoms with Gasteiger partial charge in [-0.2, -0.15) is 0 Å². The molecule has 0 radical (unpaired) electrons. The van der Waals surface area contributed by atoms with Crippen molar-refractivity contribution >= 4 is 0 Å². The van der Waals surface area contributed by atoms with E-state index in [9.17, 15) is 5.11 Å². The lowest BCUT2D eigenvalue weighted by Gasteiger charge is -2.35. The first-order valence-corrected chi connectivity index (χ1v) is 7.68. The Morgan fingerprint density at radius 3 is 2.55 bits per heavy atom. The molecule has 0 amide bonds. The number of nitrogens with one attached hydrogen (secondary N) is 1. The molecule has 0 saturated heterocycles. The van der Waals surface area contributed by atoms with Gasteiger partial charge in [0, 0.05) is 12.6 Å². The second-order valence-corrected chi connectivity index (χ2v) is 6.19. The second-order valence-electron chi connectivity index (χ2n) is 6.19. The first-order chi connectivity index (χ1) is 9.66. The summed E-state index contributed by atoms with van der Waals surface area (Å²) in [5.74, 6) is 0.883. The molecule has 0 heterocycles. The summed E-state index contributed by atoms with van der Waals surface area (Å²) >= 11 is 0. The standard InChI is InChI=1S/C17H27NO2/c1-14(2)18-17(12-19,16-6-4-3-5-7-16)13-20-11-10-15-8-9-15/h3-7,14-15,18-19H,8-13H2,1-2H3. The van der Waals surface area contributed by atoms with Crippen LogP contribution in [-0.2, 0) is 10.3 Å². The Hall–Kier alpha value is -0.900. The normalized spacial score (nSPS) is 18.2. The quantitative estimate of drug-likeness (QED) is 0.682. The van der Waals surface area contributed by atoms with Crippen molar-refractivity contribution in [2.75, 3.05) is 19.8 Å². The number of aliphatic hydroxyl groups is 1. The molecule has 2 N–H and O–H groups in total. The maximum Gasteiger partial charge on any atom is 0.0907 e. The van der Waals surface area contributed by atoms with Crippen LogP contribution in [0.5, 0.6) is 0 Å². The van der Waals surface area contributed by atoms with Crippen molar-refractivity contribution in [3.63, 3.8) is 0 Å². The predicted octanol–water partition coefficient (Wildman–Crippen LogP) is 2.69. The highest BCUT2D eigenvalue weighted by atomic mass is 16.5. The maximum absolute atomic E-state index is 9.96. The Morgan fingerprint density at radius 2 is 2.00 bits per heavy atom. The zero-order valence-electron chi connectivity index (χ0n) is 12.6. The van der Waals surface area contributed by atoms with E-state index in [1.807, 2.05) is 18.2 Å². The van der Waals surface area contributed by atoms with Gasteiger partial charge in [-0.3, -0.25) is 0 Å². The van der Waals surface area contributed by atoms with Crippen molar-refractivity contribution in [2.45, 2.75) is 44.7 Å². The van der Waals surface area contributed by atoms with Crippen molar-refractivity contribution in [3.05, 3.63) is 35.9 Å². The van der Waals surface area contributed by atoms with E-state index in [2.05, 4.69) is 31.3 Å². The van der Waals surface area contributed by atoms with Crippen LogP contribution >= 0.6 is 0 Å². The molecule has 112 valence electrons. The average molecular weight is 277 g/mol. The minimum absolute atomic E-state index is 0.0403. The summed E-state index contributed by atoms with van der Waals surface area (Å²) in [5, 5.41) is 13.4. The Morgan fingerprint density at radius 1 is 1.30 bits per heavy atom. The Balaban J connectivity index is 2.00. The summed E-state index contributed by atoms with van der Waals surface area (Å²) < 4.78 is 5.87. The van der Waals surface area contributed by atoms with Gasteiger partial charge in [0.2, 0.25) is 0 Å². The third-order valence-electron chi connectivity index (χ3n) is 3.88. The highest BCUT2D eigenvalue weighted by molar-refractivity contribution is 5.25. The molecule has 2 rings (SSSR count). The van der Waals surface area contributed by atoms with Crippen LogP contribution in [0.3, 0.4) is 0 Å². The average Bonchev–Trinajstić information content (AvgIpc) is 3.27. The highest BCUT2D eigenvalue weighted by Crippen LogP contribution is 2.32. The van der Waals surface area contributed by atoms with Crippen molar-refractivity contribution in [1.29, 1.82) is 0 Å². The van der Waals surface area contributed by atoms with Gasteiger partial charge in [0.25, 0.3) is 0 Å². The molecular formula is C17H27NO2. The zero-order chi connectivity index (χ0) is 14.4. The lowest BCUT2D eigenvalue weighted by Crippen LogP contribution is -2.52. The van der Waals surface area contributed by atoms with E-state index in [1.165, 1.54) is 12.8 Å². The lowest BCUT2D eigenvalue weighted by molar-refractivity contribution is 0.0267. The number of hydrogen-bond donors (Lipinski definition) is 2. The van der Waals surface area contributed by atoms with E-state index in [4.69, 9.17) is 4.74 Å². The fourth-order valence-corrected chi connectivity index (χ4v) is 2.60. The second kappa shape index (κ2) is 7.21. The molecule has 1 aromatic rings. The van der Waals surface area contributed by atoms with Crippen molar-refractivity contribution in [3.8, 4) is 0 Å². The van der Waals surface area contributed by atoms with Crippen LogP contribution in [0.2, 0.25) is 0 Å². The monoisotopic (exact) mass is 277 g/mol. The first kappa shape index (κ1) is 15.5. The van der Waals surface area contributed by atoms with Crippen molar-refractivity contribution in [1.82, 2.24) is 5.32 Å². The molecule has 1 fully saturated rings. The third-order valence-corrected chi connectivity index (χ3v) is 3.88. The minimum Gasteiger partial charge on any atom is -0.394 e. The molecule has 3 heteroatoms. The molecule has 1 unspecified atom stereocenters. The van der Waals surface area contributed by atoms with E-state index in [1.54, 1.807) is 0 Å². The molecule has 0 spiro atoms. The summed E-state index contributed by atoms with van der Waals surface area (Å²) in [4.78, 5) is 0.